The number of nitrogens with one attached hydrogen (secondary N) is 1. The van der Waals surface area contributed by atoms with Gasteiger partial charge in [0.25, 0.3) is 0 Å². The standard InChI is InChI=1S/C18H20ClNO3S/c1-14-5-7-15(8-6-14)12-20-18(21)9-10-24(22,23)13-16-3-2-4-17(19)11-16/h2-8,11H,9-10,12-13H2,1H3,(H,20,21). The van der Waals surface area contributed by atoms with Crippen LogP contribution < -0.4 is 5.32 Å². The minimum Gasteiger partial charge on any atom is -0.352 e. The fraction of sp³-hybridized carbons (Fsp3) is 0.278. The molecule has 24 heavy (non-hydrogen) atoms. The first kappa shape index (κ1) is 18.5. The van der Waals surface area contributed by atoms with E-state index in [0.717, 1.165) is 11.1 Å². The predicted molar refractivity (Wildman–Crippen MR) is 96.6 cm³/mol. The van der Waals surface area contributed by atoms with Crippen LogP contribution in [0, 0.1) is 6.92 Å². The Morgan fingerprint density at radius 3 is 2.46 bits per heavy atom. The highest BCUT2D eigenvalue weighted by molar-refractivity contribution is 7.90. The van der Waals surface area contributed by atoms with Crippen LogP contribution in [0.1, 0.15) is 23.1 Å². The lowest BCUT2D eigenvalue weighted by Crippen LogP contribution is -2.25. The van der Waals surface area contributed by atoms with Gasteiger partial charge in [0.15, 0.2) is 9.84 Å². The fourth-order valence-corrected chi connectivity index (χ4v) is 3.74. The van der Waals surface area contributed by atoms with E-state index in [0.29, 0.717) is 17.1 Å². The van der Waals surface area contributed by atoms with Crippen LogP contribution in [0.2, 0.25) is 5.02 Å². The van der Waals surface area contributed by atoms with Gasteiger partial charge in [0.1, 0.15) is 0 Å². The molecule has 0 aliphatic carbocycles. The molecule has 0 unspecified atom stereocenters. The van der Waals surface area contributed by atoms with Crippen molar-refractivity contribution < 1.29 is 13.2 Å². The second-order valence-electron chi connectivity index (χ2n) is 5.73. The average Bonchev–Trinajstić information content (AvgIpc) is 2.52. The summed E-state index contributed by atoms with van der Waals surface area (Å²) in [4.78, 5) is 11.8. The zero-order valence-corrected chi connectivity index (χ0v) is 15.0. The maximum Gasteiger partial charge on any atom is 0.221 e. The molecule has 2 aromatic carbocycles. The molecule has 6 heteroatoms. The second kappa shape index (κ2) is 8.31. The van der Waals surface area contributed by atoms with Crippen molar-refractivity contribution in [3.05, 3.63) is 70.2 Å². The SMILES string of the molecule is Cc1ccc(CNC(=O)CCS(=O)(=O)Cc2cccc(Cl)c2)cc1. The van der Waals surface area contributed by atoms with Gasteiger partial charge in [0, 0.05) is 18.0 Å². The van der Waals surface area contributed by atoms with Crippen LogP contribution in [0.3, 0.4) is 0 Å². The van der Waals surface area contributed by atoms with Gasteiger partial charge in [-0.25, -0.2) is 8.42 Å². The topological polar surface area (TPSA) is 63.2 Å². The number of sulfone groups is 1. The number of halogens is 1. The number of rotatable bonds is 7. The molecule has 0 saturated carbocycles. The lowest BCUT2D eigenvalue weighted by molar-refractivity contribution is -0.120. The normalized spacial score (nSPS) is 11.2. The Bertz CT molecular complexity index is 801. The maximum absolute atomic E-state index is 12.1. The van der Waals surface area contributed by atoms with Gasteiger partial charge in [0.2, 0.25) is 5.91 Å². The summed E-state index contributed by atoms with van der Waals surface area (Å²) in [5.74, 6) is -0.567. The molecule has 2 aromatic rings. The van der Waals surface area contributed by atoms with Crippen LogP contribution in [-0.4, -0.2) is 20.1 Å². The van der Waals surface area contributed by atoms with Gasteiger partial charge in [0.05, 0.1) is 11.5 Å². The molecule has 2 rings (SSSR count). The van der Waals surface area contributed by atoms with E-state index in [-0.39, 0.29) is 23.8 Å². The maximum atomic E-state index is 12.1. The van der Waals surface area contributed by atoms with Crippen LogP contribution in [0.5, 0.6) is 0 Å². The minimum atomic E-state index is -3.35. The van der Waals surface area contributed by atoms with Gasteiger partial charge in [-0.1, -0.05) is 53.6 Å². The van der Waals surface area contributed by atoms with Crippen molar-refractivity contribution in [2.45, 2.75) is 25.6 Å². The van der Waals surface area contributed by atoms with Crippen molar-refractivity contribution in [3.8, 4) is 0 Å². The van der Waals surface area contributed by atoms with Gasteiger partial charge in [-0.3, -0.25) is 4.79 Å². The zero-order valence-electron chi connectivity index (χ0n) is 13.5. The molecule has 1 amide bonds. The summed E-state index contributed by atoms with van der Waals surface area (Å²) in [7, 11) is -3.35. The summed E-state index contributed by atoms with van der Waals surface area (Å²) in [6.07, 6.45) is -0.0469. The van der Waals surface area contributed by atoms with Gasteiger partial charge >= 0.3 is 0 Å². The molecule has 4 nitrogen and oxygen atoms in total. The monoisotopic (exact) mass is 365 g/mol. The first-order chi connectivity index (χ1) is 11.3. The summed E-state index contributed by atoms with van der Waals surface area (Å²) in [5.41, 5.74) is 2.76. The molecule has 0 aliphatic heterocycles. The highest BCUT2D eigenvalue weighted by atomic mass is 35.5. The molecule has 0 aromatic heterocycles. The van der Waals surface area contributed by atoms with Gasteiger partial charge < -0.3 is 5.32 Å². The number of hydrogen-bond acceptors (Lipinski definition) is 3. The zero-order chi connectivity index (χ0) is 17.6. The molecular formula is C18H20ClNO3S. The van der Waals surface area contributed by atoms with E-state index in [2.05, 4.69) is 5.32 Å². The number of carbonyl (C=O) groups excluding carboxylic acids is 1. The van der Waals surface area contributed by atoms with Crippen molar-refractivity contribution in [2.75, 3.05) is 5.75 Å². The molecule has 0 spiro atoms. The van der Waals surface area contributed by atoms with E-state index in [1.807, 2.05) is 31.2 Å². The highest BCUT2D eigenvalue weighted by Gasteiger charge is 2.14. The second-order valence-corrected chi connectivity index (χ2v) is 8.35. The number of hydrogen-bond donors (Lipinski definition) is 1. The Morgan fingerprint density at radius 1 is 1.08 bits per heavy atom. The summed E-state index contributed by atoms with van der Waals surface area (Å²) in [5, 5.41) is 3.24. The Balaban J connectivity index is 1.80. The van der Waals surface area contributed by atoms with Crippen molar-refractivity contribution in [3.63, 3.8) is 0 Å². The van der Waals surface area contributed by atoms with Crippen molar-refractivity contribution in [1.29, 1.82) is 0 Å². The number of benzene rings is 2. The van der Waals surface area contributed by atoms with E-state index >= 15 is 0 Å². The van der Waals surface area contributed by atoms with Crippen LogP contribution in [0.15, 0.2) is 48.5 Å². The van der Waals surface area contributed by atoms with E-state index in [4.69, 9.17) is 11.6 Å². The third kappa shape index (κ3) is 6.34. The highest BCUT2D eigenvalue weighted by Crippen LogP contribution is 2.14. The third-order valence-electron chi connectivity index (χ3n) is 3.53. The smallest absolute Gasteiger partial charge is 0.221 e. The molecular weight excluding hydrogens is 346 g/mol. The Morgan fingerprint density at radius 2 is 1.79 bits per heavy atom. The minimum absolute atomic E-state index is 0.0469. The lowest BCUT2D eigenvalue weighted by Gasteiger charge is -2.07. The molecule has 0 heterocycles. The average molecular weight is 366 g/mol. The Labute approximate surface area is 147 Å². The summed E-state index contributed by atoms with van der Waals surface area (Å²) >= 11 is 5.85. The number of carbonyl (C=O) groups is 1. The molecule has 0 saturated heterocycles. The fourth-order valence-electron chi connectivity index (χ4n) is 2.20. The molecule has 0 aliphatic rings. The van der Waals surface area contributed by atoms with E-state index in [1.54, 1.807) is 24.3 Å². The first-order valence-electron chi connectivity index (χ1n) is 7.61. The molecule has 0 atom stereocenters. The predicted octanol–water partition coefficient (Wildman–Crippen LogP) is 3.27. The number of aryl methyl sites for hydroxylation is 1. The first-order valence-corrected chi connectivity index (χ1v) is 9.81. The number of amides is 1. The Hall–Kier alpha value is -1.85. The largest absolute Gasteiger partial charge is 0.352 e. The summed E-state index contributed by atoms with van der Waals surface area (Å²) in [6, 6.07) is 14.5. The summed E-state index contributed by atoms with van der Waals surface area (Å²) in [6.45, 7) is 2.39. The van der Waals surface area contributed by atoms with Crippen LogP contribution in [0.4, 0.5) is 0 Å². The molecule has 0 radical (unpaired) electrons. The quantitative estimate of drug-likeness (QED) is 0.819. The van der Waals surface area contributed by atoms with Crippen molar-refractivity contribution in [1.82, 2.24) is 5.32 Å². The van der Waals surface area contributed by atoms with Crippen LogP contribution >= 0.6 is 11.6 Å². The Kier molecular flexibility index (Phi) is 6.40. The van der Waals surface area contributed by atoms with E-state index in [1.165, 1.54) is 0 Å². The van der Waals surface area contributed by atoms with Crippen molar-refractivity contribution in [2.24, 2.45) is 0 Å². The van der Waals surface area contributed by atoms with Gasteiger partial charge in [-0.15, -0.1) is 0 Å². The van der Waals surface area contributed by atoms with Gasteiger partial charge in [-0.05, 0) is 30.2 Å². The summed E-state index contributed by atoms with van der Waals surface area (Å²) < 4.78 is 24.2. The van der Waals surface area contributed by atoms with Crippen molar-refractivity contribution >= 4 is 27.3 Å². The third-order valence-corrected chi connectivity index (χ3v) is 5.36. The van der Waals surface area contributed by atoms with E-state index < -0.39 is 9.84 Å². The van der Waals surface area contributed by atoms with E-state index in [9.17, 15) is 13.2 Å². The van der Waals surface area contributed by atoms with Gasteiger partial charge in [-0.2, -0.15) is 0 Å². The molecule has 0 fully saturated rings. The molecule has 1 N–H and O–H groups in total. The van der Waals surface area contributed by atoms with Crippen LogP contribution in [0.25, 0.3) is 0 Å². The molecule has 0 bridgehead atoms. The lowest BCUT2D eigenvalue weighted by atomic mass is 10.1. The molecule has 128 valence electrons. The van der Waals surface area contributed by atoms with Crippen LogP contribution in [-0.2, 0) is 26.9 Å².